The monoisotopic (exact) mass is 318 g/mol. The fourth-order valence-corrected chi connectivity index (χ4v) is 2.66. The van der Waals surface area contributed by atoms with Gasteiger partial charge in [0.1, 0.15) is 0 Å². The molecule has 0 heterocycles. The van der Waals surface area contributed by atoms with Gasteiger partial charge in [-0.3, -0.25) is 18.5 Å². The molecule has 10 heteroatoms. The molecule has 0 bridgehead atoms. The maximum atomic E-state index is 11.0. The third-order valence-electron chi connectivity index (χ3n) is 2.40. The molecule has 0 aliphatic heterocycles. The lowest BCUT2D eigenvalue weighted by molar-refractivity contribution is 0.486. The summed E-state index contributed by atoms with van der Waals surface area (Å²) in [5, 5.41) is 0.957. The first-order valence-corrected chi connectivity index (χ1v) is 8.06. The third kappa shape index (κ3) is 3.57. The largest absolute Gasteiger partial charge is 0.357 e. The van der Waals surface area contributed by atoms with Crippen LogP contribution in [0.2, 0.25) is 0 Å². The second kappa shape index (κ2) is 4.90. The van der Waals surface area contributed by atoms with Crippen LogP contribution in [-0.4, -0.2) is 25.9 Å². The van der Waals surface area contributed by atoms with Crippen LogP contribution < -0.4 is 9.44 Å². The normalized spacial score (nSPS) is 12.3. The predicted molar refractivity (Wildman–Crippen MR) is 74.3 cm³/mol. The van der Waals surface area contributed by atoms with E-state index in [9.17, 15) is 16.8 Å². The van der Waals surface area contributed by atoms with Crippen molar-refractivity contribution >= 4 is 42.8 Å². The van der Waals surface area contributed by atoms with Crippen molar-refractivity contribution in [1.82, 2.24) is 0 Å². The molecular formula is C10H10N2O6S2. The molecule has 0 atom stereocenters. The second-order valence-electron chi connectivity index (χ2n) is 3.86. The number of anilines is 2. The summed E-state index contributed by atoms with van der Waals surface area (Å²) < 4.78 is 64.9. The Kier molecular flexibility index (Phi) is 3.56. The van der Waals surface area contributed by atoms with Crippen molar-refractivity contribution in [2.75, 3.05) is 9.44 Å². The Morgan fingerprint density at radius 2 is 1.40 bits per heavy atom. The molecule has 0 aliphatic rings. The summed E-state index contributed by atoms with van der Waals surface area (Å²) in [6.45, 7) is 0. The number of fused-ring (bicyclic) bond motifs is 1. The molecule has 20 heavy (non-hydrogen) atoms. The van der Waals surface area contributed by atoms with Crippen molar-refractivity contribution in [3.8, 4) is 0 Å². The molecule has 0 aromatic heterocycles. The first-order valence-electron chi connectivity index (χ1n) is 5.18. The second-order valence-corrected chi connectivity index (χ2v) is 6.17. The summed E-state index contributed by atoms with van der Waals surface area (Å²) >= 11 is 0. The molecular weight excluding hydrogens is 308 g/mol. The quantitative estimate of drug-likeness (QED) is 0.627. The number of benzene rings is 2. The number of nitrogens with one attached hydrogen (secondary N) is 2. The van der Waals surface area contributed by atoms with Crippen LogP contribution in [-0.2, 0) is 20.6 Å². The van der Waals surface area contributed by atoms with Crippen molar-refractivity contribution in [1.29, 1.82) is 0 Å². The van der Waals surface area contributed by atoms with Gasteiger partial charge in [-0.2, -0.15) is 16.8 Å². The summed E-state index contributed by atoms with van der Waals surface area (Å²) in [6, 6.07) is 9.28. The van der Waals surface area contributed by atoms with E-state index < -0.39 is 20.6 Å². The van der Waals surface area contributed by atoms with Gasteiger partial charge in [0.2, 0.25) is 0 Å². The molecule has 108 valence electrons. The van der Waals surface area contributed by atoms with E-state index in [-0.39, 0.29) is 11.4 Å². The zero-order valence-electron chi connectivity index (χ0n) is 9.81. The van der Waals surface area contributed by atoms with Crippen LogP contribution in [0.3, 0.4) is 0 Å². The summed E-state index contributed by atoms with van der Waals surface area (Å²) in [6.07, 6.45) is 0. The Bertz CT molecular complexity index is 860. The molecule has 0 aliphatic carbocycles. The minimum atomic E-state index is -4.61. The van der Waals surface area contributed by atoms with Crippen LogP contribution in [0.4, 0.5) is 11.4 Å². The van der Waals surface area contributed by atoms with E-state index >= 15 is 0 Å². The highest BCUT2D eigenvalue weighted by Crippen LogP contribution is 2.32. The minimum Gasteiger partial charge on any atom is -0.269 e. The van der Waals surface area contributed by atoms with Gasteiger partial charge in [-0.25, -0.2) is 0 Å². The molecule has 0 amide bonds. The highest BCUT2D eigenvalue weighted by Gasteiger charge is 2.15. The van der Waals surface area contributed by atoms with Gasteiger partial charge in [0.25, 0.3) is 0 Å². The highest BCUT2D eigenvalue weighted by molar-refractivity contribution is 7.87. The van der Waals surface area contributed by atoms with Gasteiger partial charge >= 0.3 is 20.6 Å². The Hall–Kier alpha value is -1.88. The highest BCUT2D eigenvalue weighted by atomic mass is 32.2. The molecule has 8 nitrogen and oxygen atoms in total. The summed E-state index contributed by atoms with van der Waals surface area (Å²) in [7, 11) is -9.20. The van der Waals surface area contributed by atoms with Gasteiger partial charge in [-0.1, -0.05) is 30.3 Å². The average molecular weight is 318 g/mol. The summed E-state index contributed by atoms with van der Waals surface area (Å²) in [4.78, 5) is 0. The van der Waals surface area contributed by atoms with E-state index in [0.717, 1.165) is 0 Å². The molecule has 2 aromatic carbocycles. The standard InChI is InChI=1S/C10H10N2O6S2/c13-19(14,15)11-9-6-5-7-3-1-2-4-8(7)10(9)12-20(16,17)18/h1-6,11-12H,(H,13,14,15)(H,16,17,18). The van der Waals surface area contributed by atoms with Crippen molar-refractivity contribution in [2.45, 2.75) is 0 Å². The van der Waals surface area contributed by atoms with E-state index in [2.05, 4.69) is 0 Å². The summed E-state index contributed by atoms with van der Waals surface area (Å²) in [5.74, 6) is 0. The number of hydrogen-bond donors (Lipinski definition) is 4. The van der Waals surface area contributed by atoms with Crippen LogP contribution in [0.15, 0.2) is 36.4 Å². The minimum absolute atomic E-state index is 0.191. The van der Waals surface area contributed by atoms with E-state index in [0.29, 0.717) is 10.8 Å². The molecule has 4 N–H and O–H groups in total. The lowest BCUT2D eigenvalue weighted by Gasteiger charge is -2.13. The molecule has 0 saturated carbocycles. The summed E-state index contributed by atoms with van der Waals surface area (Å²) in [5.41, 5.74) is -0.410. The fraction of sp³-hybridized carbons (Fsp3) is 0. The zero-order valence-corrected chi connectivity index (χ0v) is 11.4. The van der Waals surface area contributed by atoms with Crippen LogP contribution in [0.1, 0.15) is 0 Å². The van der Waals surface area contributed by atoms with Gasteiger partial charge in [-0.15, -0.1) is 0 Å². The molecule has 2 aromatic rings. The van der Waals surface area contributed by atoms with E-state index in [1.54, 1.807) is 27.6 Å². The molecule has 2 rings (SSSR count). The molecule has 0 radical (unpaired) electrons. The van der Waals surface area contributed by atoms with Crippen LogP contribution in [0, 0.1) is 0 Å². The number of rotatable bonds is 4. The SMILES string of the molecule is O=S(=O)(O)Nc1ccc2ccccc2c1NS(=O)(=O)O. The predicted octanol–water partition coefficient (Wildman–Crippen LogP) is 1.27. The van der Waals surface area contributed by atoms with Crippen molar-refractivity contribution in [2.24, 2.45) is 0 Å². The molecule has 0 spiro atoms. The Morgan fingerprint density at radius 1 is 0.800 bits per heavy atom. The van der Waals surface area contributed by atoms with Crippen LogP contribution in [0.25, 0.3) is 10.8 Å². The van der Waals surface area contributed by atoms with E-state index in [4.69, 9.17) is 9.11 Å². The van der Waals surface area contributed by atoms with Gasteiger partial charge in [0.15, 0.2) is 0 Å². The zero-order chi connectivity index (χ0) is 15.0. The topological polar surface area (TPSA) is 133 Å². The smallest absolute Gasteiger partial charge is 0.269 e. The molecule has 0 unspecified atom stereocenters. The maximum absolute atomic E-state index is 11.0. The third-order valence-corrected chi connectivity index (χ3v) is 3.34. The maximum Gasteiger partial charge on any atom is 0.357 e. The van der Waals surface area contributed by atoms with Crippen molar-refractivity contribution < 1.29 is 25.9 Å². The number of hydrogen-bond acceptors (Lipinski definition) is 4. The fourth-order valence-electron chi connectivity index (χ4n) is 1.73. The van der Waals surface area contributed by atoms with Crippen LogP contribution >= 0.6 is 0 Å². The van der Waals surface area contributed by atoms with E-state index in [1.807, 2.05) is 0 Å². The van der Waals surface area contributed by atoms with E-state index in [1.165, 1.54) is 18.2 Å². The first-order chi connectivity index (χ1) is 9.16. The van der Waals surface area contributed by atoms with Gasteiger partial charge in [0.05, 0.1) is 11.4 Å². The Morgan fingerprint density at radius 3 is 2.00 bits per heavy atom. The van der Waals surface area contributed by atoms with Crippen molar-refractivity contribution in [3.63, 3.8) is 0 Å². The van der Waals surface area contributed by atoms with Crippen LogP contribution in [0.5, 0.6) is 0 Å². The van der Waals surface area contributed by atoms with Gasteiger partial charge in [0, 0.05) is 5.39 Å². The first kappa shape index (κ1) is 14.5. The lowest BCUT2D eigenvalue weighted by Crippen LogP contribution is -2.16. The Labute approximate surface area is 115 Å². The molecule has 0 fully saturated rings. The van der Waals surface area contributed by atoms with Gasteiger partial charge in [-0.05, 0) is 11.5 Å². The molecule has 0 saturated heterocycles. The average Bonchev–Trinajstić information content (AvgIpc) is 2.29. The van der Waals surface area contributed by atoms with Gasteiger partial charge < -0.3 is 0 Å². The Balaban J connectivity index is 2.71. The van der Waals surface area contributed by atoms with Crippen molar-refractivity contribution in [3.05, 3.63) is 36.4 Å². The lowest BCUT2D eigenvalue weighted by atomic mass is 10.1.